The lowest BCUT2D eigenvalue weighted by Crippen LogP contribution is -2.53. The average Bonchev–Trinajstić information content (AvgIpc) is 2.52. The van der Waals surface area contributed by atoms with E-state index in [1.54, 1.807) is 4.90 Å². The van der Waals surface area contributed by atoms with E-state index in [-0.39, 0.29) is 42.3 Å². The van der Waals surface area contributed by atoms with Gasteiger partial charge in [0.1, 0.15) is 11.4 Å². The number of rotatable bonds is 2. The molecule has 0 radical (unpaired) electrons. The molecular weight excluding hydrogens is 440 g/mol. The van der Waals surface area contributed by atoms with Crippen molar-refractivity contribution in [1.29, 1.82) is 0 Å². The van der Waals surface area contributed by atoms with E-state index in [0.29, 0.717) is 32.1 Å². The molecule has 2 heterocycles. The number of pyridine rings is 1. The number of halogens is 2. The molecule has 7 nitrogen and oxygen atoms in total. The van der Waals surface area contributed by atoms with Crippen LogP contribution in [0, 0.1) is 5.82 Å². The van der Waals surface area contributed by atoms with Crippen molar-refractivity contribution in [3.8, 4) is 0 Å². The second kappa shape index (κ2) is 9.16. The molecule has 2 rings (SSSR count). The largest absolute Gasteiger partial charge is 0.444 e. The fourth-order valence-electron chi connectivity index (χ4n) is 2.24. The van der Waals surface area contributed by atoms with E-state index in [1.807, 2.05) is 25.7 Å². The van der Waals surface area contributed by atoms with Gasteiger partial charge in [0.05, 0.1) is 12.2 Å². The standard InChI is InChI=1S/C16H24FN5O2.HI/c1-16(2,3)24-15(23)22-9-7-21(8-10-22)14(18)20-11-13-12(17)5-4-6-19-13;/h4-6H,7-11H2,1-3H3,(H2,18,20);1H. The van der Waals surface area contributed by atoms with Gasteiger partial charge in [0, 0.05) is 32.4 Å². The Balaban J connectivity index is 0.00000312. The van der Waals surface area contributed by atoms with Gasteiger partial charge in [0.25, 0.3) is 0 Å². The van der Waals surface area contributed by atoms with E-state index in [2.05, 4.69) is 9.98 Å². The number of hydrogen-bond acceptors (Lipinski definition) is 4. The van der Waals surface area contributed by atoms with Crippen LogP contribution < -0.4 is 5.73 Å². The molecule has 1 fully saturated rings. The van der Waals surface area contributed by atoms with Gasteiger partial charge in [0.15, 0.2) is 5.96 Å². The third-order valence-corrected chi connectivity index (χ3v) is 3.48. The third-order valence-electron chi connectivity index (χ3n) is 3.48. The molecule has 1 amide bonds. The Morgan fingerprint density at radius 3 is 2.48 bits per heavy atom. The molecule has 0 unspecified atom stereocenters. The van der Waals surface area contributed by atoms with Crippen LogP contribution in [0.1, 0.15) is 26.5 Å². The van der Waals surface area contributed by atoms with Gasteiger partial charge in [-0.25, -0.2) is 14.2 Å². The molecule has 1 aromatic rings. The minimum Gasteiger partial charge on any atom is -0.444 e. The predicted octanol–water partition coefficient (Wildman–Crippen LogP) is 2.21. The number of ether oxygens (including phenoxy) is 1. The first kappa shape index (κ1) is 21.4. The first-order valence-electron chi connectivity index (χ1n) is 7.88. The van der Waals surface area contributed by atoms with Crippen molar-refractivity contribution in [2.24, 2.45) is 10.7 Å². The maximum absolute atomic E-state index is 13.5. The minimum atomic E-state index is -0.512. The van der Waals surface area contributed by atoms with Gasteiger partial charge in [-0.15, -0.1) is 24.0 Å². The molecule has 25 heavy (non-hydrogen) atoms. The van der Waals surface area contributed by atoms with Gasteiger partial charge in [0.2, 0.25) is 0 Å². The van der Waals surface area contributed by atoms with Crippen LogP contribution in [0.3, 0.4) is 0 Å². The zero-order valence-electron chi connectivity index (χ0n) is 14.7. The molecule has 0 atom stereocenters. The number of aliphatic imine (C=N–C) groups is 1. The molecule has 1 aliphatic heterocycles. The zero-order chi connectivity index (χ0) is 17.7. The molecule has 0 aromatic carbocycles. The molecule has 0 aliphatic carbocycles. The van der Waals surface area contributed by atoms with Gasteiger partial charge < -0.3 is 20.3 Å². The van der Waals surface area contributed by atoms with Gasteiger partial charge in [-0.2, -0.15) is 0 Å². The molecule has 1 aliphatic rings. The Kier molecular flexibility index (Phi) is 7.84. The van der Waals surface area contributed by atoms with Crippen LogP contribution >= 0.6 is 24.0 Å². The summed E-state index contributed by atoms with van der Waals surface area (Å²) in [6.45, 7) is 7.71. The lowest BCUT2D eigenvalue weighted by molar-refractivity contribution is 0.0186. The minimum absolute atomic E-state index is 0. The second-order valence-corrected chi connectivity index (χ2v) is 6.56. The van der Waals surface area contributed by atoms with Crippen LogP contribution in [0.25, 0.3) is 0 Å². The molecule has 2 N–H and O–H groups in total. The summed E-state index contributed by atoms with van der Waals surface area (Å²) >= 11 is 0. The fraction of sp³-hybridized carbons (Fsp3) is 0.562. The normalized spacial score (nSPS) is 15.6. The first-order valence-corrected chi connectivity index (χ1v) is 7.88. The monoisotopic (exact) mass is 465 g/mol. The quantitative estimate of drug-likeness (QED) is 0.412. The highest BCUT2D eigenvalue weighted by atomic mass is 127. The summed E-state index contributed by atoms with van der Waals surface area (Å²) in [6, 6.07) is 2.87. The van der Waals surface area contributed by atoms with Crippen molar-refractivity contribution >= 4 is 36.0 Å². The number of hydrogen-bond donors (Lipinski definition) is 1. The van der Waals surface area contributed by atoms with Crippen molar-refractivity contribution in [1.82, 2.24) is 14.8 Å². The van der Waals surface area contributed by atoms with E-state index < -0.39 is 11.4 Å². The van der Waals surface area contributed by atoms with Crippen molar-refractivity contribution in [2.75, 3.05) is 26.2 Å². The lowest BCUT2D eigenvalue weighted by atomic mass is 10.2. The molecule has 0 saturated carbocycles. The van der Waals surface area contributed by atoms with E-state index in [0.717, 1.165) is 0 Å². The number of carbonyl (C=O) groups excluding carboxylic acids is 1. The highest BCUT2D eigenvalue weighted by molar-refractivity contribution is 14.0. The SMILES string of the molecule is CC(C)(C)OC(=O)N1CCN(C(N)=NCc2ncccc2F)CC1.I. The summed E-state index contributed by atoms with van der Waals surface area (Å²) in [4.78, 5) is 23.7. The predicted molar refractivity (Wildman–Crippen MR) is 104 cm³/mol. The molecule has 0 spiro atoms. The van der Waals surface area contributed by atoms with Gasteiger partial charge >= 0.3 is 6.09 Å². The highest BCUT2D eigenvalue weighted by Crippen LogP contribution is 2.12. The third kappa shape index (κ3) is 6.63. The Hall–Kier alpha value is -1.65. The number of nitrogens with two attached hydrogens (primary N) is 1. The number of piperazine rings is 1. The van der Waals surface area contributed by atoms with E-state index in [4.69, 9.17) is 10.5 Å². The summed E-state index contributed by atoms with van der Waals surface area (Å²) in [5.41, 5.74) is 5.71. The topological polar surface area (TPSA) is 84.0 Å². The Labute approximate surface area is 164 Å². The average molecular weight is 465 g/mol. The number of amides is 1. The molecular formula is C16H25FIN5O2. The summed E-state index contributed by atoms with van der Waals surface area (Å²) < 4.78 is 18.9. The van der Waals surface area contributed by atoms with Crippen LogP contribution in [0.2, 0.25) is 0 Å². The number of aromatic nitrogens is 1. The Morgan fingerprint density at radius 1 is 1.32 bits per heavy atom. The maximum atomic E-state index is 13.5. The van der Waals surface area contributed by atoms with Crippen molar-refractivity contribution in [3.05, 3.63) is 29.8 Å². The summed E-state index contributed by atoms with van der Waals surface area (Å²) in [5, 5.41) is 0. The number of nitrogens with zero attached hydrogens (tertiary/aromatic N) is 4. The van der Waals surface area contributed by atoms with Crippen molar-refractivity contribution < 1.29 is 13.9 Å². The summed E-state index contributed by atoms with van der Waals surface area (Å²) in [5.74, 6) is -0.0762. The van der Waals surface area contributed by atoms with Gasteiger partial charge in [-0.05, 0) is 32.9 Å². The van der Waals surface area contributed by atoms with E-state index in [1.165, 1.54) is 18.3 Å². The molecule has 0 bridgehead atoms. The zero-order valence-corrected chi connectivity index (χ0v) is 17.1. The van der Waals surface area contributed by atoms with E-state index >= 15 is 0 Å². The maximum Gasteiger partial charge on any atom is 0.410 e. The smallest absolute Gasteiger partial charge is 0.410 e. The van der Waals surface area contributed by atoms with Crippen molar-refractivity contribution in [2.45, 2.75) is 32.9 Å². The number of guanidine groups is 1. The van der Waals surface area contributed by atoms with E-state index in [9.17, 15) is 9.18 Å². The Morgan fingerprint density at radius 2 is 1.92 bits per heavy atom. The van der Waals surface area contributed by atoms with Gasteiger partial charge in [-0.3, -0.25) is 4.98 Å². The Bertz CT molecular complexity index is 613. The molecule has 9 heteroatoms. The fourth-order valence-corrected chi connectivity index (χ4v) is 2.24. The molecule has 1 saturated heterocycles. The summed E-state index contributed by atoms with van der Waals surface area (Å²) in [6.07, 6.45) is 1.19. The first-order chi connectivity index (χ1) is 11.3. The van der Waals surface area contributed by atoms with Crippen LogP contribution in [-0.4, -0.2) is 58.6 Å². The second-order valence-electron chi connectivity index (χ2n) is 6.56. The molecule has 1 aromatic heterocycles. The van der Waals surface area contributed by atoms with Crippen LogP contribution in [0.4, 0.5) is 9.18 Å². The van der Waals surface area contributed by atoms with Crippen molar-refractivity contribution in [3.63, 3.8) is 0 Å². The van der Waals surface area contributed by atoms with Crippen LogP contribution in [-0.2, 0) is 11.3 Å². The van der Waals surface area contributed by atoms with Crippen LogP contribution in [0.15, 0.2) is 23.3 Å². The van der Waals surface area contributed by atoms with Gasteiger partial charge in [-0.1, -0.05) is 0 Å². The molecule has 140 valence electrons. The number of carbonyl (C=O) groups is 1. The summed E-state index contributed by atoms with van der Waals surface area (Å²) in [7, 11) is 0. The lowest BCUT2D eigenvalue weighted by Gasteiger charge is -2.36. The highest BCUT2D eigenvalue weighted by Gasteiger charge is 2.26. The van der Waals surface area contributed by atoms with Crippen LogP contribution in [0.5, 0.6) is 0 Å².